The quantitative estimate of drug-likeness (QED) is 0.412. The Morgan fingerprint density at radius 3 is 2.61 bits per heavy atom. The summed E-state index contributed by atoms with van der Waals surface area (Å²) in [6.45, 7) is 2.78. The number of anilines is 1. The summed E-state index contributed by atoms with van der Waals surface area (Å²) >= 11 is 15.3. The Bertz CT molecular complexity index is 1220. The first-order valence-electron chi connectivity index (χ1n) is 8.29. The molecule has 0 bridgehead atoms. The van der Waals surface area contributed by atoms with E-state index < -0.39 is 16.0 Å². The number of hydrogen-bond donors (Lipinski definition) is 1. The van der Waals surface area contributed by atoms with E-state index in [0.29, 0.717) is 20.6 Å². The van der Waals surface area contributed by atoms with Gasteiger partial charge in [0.25, 0.3) is 10.9 Å². The number of fused-ring (bicyclic) bond motifs is 2. The Kier molecular flexibility index (Phi) is 5.37. The third-order valence-corrected chi connectivity index (χ3v) is 7.52. The first-order chi connectivity index (χ1) is 13.2. The average molecular weight is 474 g/mol. The average Bonchev–Trinajstić information content (AvgIpc) is 3.11. The summed E-state index contributed by atoms with van der Waals surface area (Å²) in [7, 11) is -4.23. The van der Waals surface area contributed by atoms with Crippen molar-refractivity contribution in [2.75, 3.05) is 11.4 Å². The van der Waals surface area contributed by atoms with Gasteiger partial charge in [-0.15, -0.1) is 0 Å². The Labute approximate surface area is 180 Å². The van der Waals surface area contributed by atoms with Crippen molar-refractivity contribution in [1.82, 2.24) is 0 Å². The third-order valence-electron chi connectivity index (χ3n) is 4.24. The van der Waals surface area contributed by atoms with Gasteiger partial charge < -0.3 is 4.90 Å². The highest BCUT2D eigenvalue weighted by molar-refractivity contribution is 8.03. The van der Waals surface area contributed by atoms with E-state index in [1.165, 1.54) is 11.3 Å². The van der Waals surface area contributed by atoms with E-state index in [9.17, 15) is 13.0 Å². The number of thioether (sulfide) groups is 1. The molecule has 28 heavy (non-hydrogen) atoms. The Balaban J connectivity index is 1.86. The van der Waals surface area contributed by atoms with Crippen molar-refractivity contribution in [3.05, 3.63) is 56.5 Å². The molecular formula is C18H15Cl2N2O3S3+. The minimum absolute atomic E-state index is 0.501. The fourth-order valence-electron chi connectivity index (χ4n) is 3.09. The van der Waals surface area contributed by atoms with E-state index in [-0.39, 0.29) is 0 Å². The van der Waals surface area contributed by atoms with E-state index >= 15 is 0 Å². The zero-order valence-corrected chi connectivity index (χ0v) is 18.6. The number of benzene rings is 2. The Morgan fingerprint density at radius 1 is 1.18 bits per heavy atom. The highest BCUT2D eigenvalue weighted by Crippen LogP contribution is 2.47. The molecule has 2 aromatic carbocycles. The van der Waals surface area contributed by atoms with Gasteiger partial charge in [-0.1, -0.05) is 46.3 Å². The second-order valence-electron chi connectivity index (χ2n) is 6.13. The summed E-state index contributed by atoms with van der Waals surface area (Å²) in [6, 6.07) is 11.1. The van der Waals surface area contributed by atoms with Crippen molar-refractivity contribution in [2.24, 2.45) is 0 Å². The first-order valence-corrected chi connectivity index (χ1v) is 12.3. The molecule has 0 unspecified atom stereocenters. The number of thiazole rings is 1. The molecule has 0 saturated heterocycles. The van der Waals surface area contributed by atoms with Crippen molar-refractivity contribution < 1.29 is 17.5 Å². The molecular weight excluding hydrogens is 459 g/mol. The van der Waals surface area contributed by atoms with Crippen LogP contribution in [0, 0.1) is 0 Å². The fourth-order valence-corrected chi connectivity index (χ4v) is 6.41. The molecule has 1 aromatic heterocycles. The highest BCUT2D eigenvalue weighted by atomic mass is 35.5. The molecule has 5 nitrogen and oxygen atoms in total. The van der Waals surface area contributed by atoms with Gasteiger partial charge in [0, 0.05) is 27.6 Å². The van der Waals surface area contributed by atoms with Crippen LogP contribution < -0.4 is 9.47 Å². The lowest BCUT2D eigenvalue weighted by atomic mass is 10.3. The monoisotopic (exact) mass is 473 g/mol. The maximum Gasteiger partial charge on any atom is 0.326 e. The molecule has 0 fully saturated rings. The molecule has 0 aliphatic carbocycles. The van der Waals surface area contributed by atoms with Crippen LogP contribution in [0.15, 0.2) is 46.3 Å². The van der Waals surface area contributed by atoms with Gasteiger partial charge in [0.05, 0.1) is 16.8 Å². The van der Waals surface area contributed by atoms with Crippen molar-refractivity contribution in [1.29, 1.82) is 0 Å². The molecule has 0 saturated carbocycles. The number of hydrogen-bond acceptors (Lipinski definition) is 5. The minimum atomic E-state index is -4.23. The third kappa shape index (κ3) is 3.90. The topological polar surface area (TPSA) is 61.5 Å². The molecule has 0 radical (unpaired) electrons. The van der Waals surface area contributed by atoms with Crippen LogP contribution in [0.4, 0.5) is 5.69 Å². The van der Waals surface area contributed by atoms with E-state index in [1.807, 2.05) is 37.3 Å². The van der Waals surface area contributed by atoms with Crippen LogP contribution in [0.1, 0.15) is 11.9 Å². The molecule has 4 rings (SSSR count). The predicted molar refractivity (Wildman–Crippen MR) is 117 cm³/mol. The molecule has 2 heterocycles. The Morgan fingerprint density at radius 2 is 1.89 bits per heavy atom. The van der Waals surface area contributed by atoms with E-state index in [4.69, 9.17) is 23.2 Å². The lowest BCUT2D eigenvalue weighted by Gasteiger charge is -2.17. The van der Waals surface area contributed by atoms with Gasteiger partial charge >= 0.3 is 10.1 Å². The van der Waals surface area contributed by atoms with Crippen molar-refractivity contribution >= 4 is 78.4 Å². The van der Waals surface area contributed by atoms with Crippen molar-refractivity contribution in [2.45, 2.75) is 17.7 Å². The van der Waals surface area contributed by atoms with Crippen LogP contribution in [-0.4, -0.2) is 19.5 Å². The molecule has 146 valence electrons. The zero-order chi connectivity index (χ0) is 20.1. The lowest BCUT2D eigenvalue weighted by molar-refractivity contribution is -0.649. The van der Waals surface area contributed by atoms with Crippen molar-refractivity contribution in [3.63, 3.8) is 0 Å². The standard InChI is InChI=1S/C18H14Cl2N2O3S3/c1-2-21-13-7-11(19)3-5-15(13)26-17(21)9-18-22(10-28(23,24)25)14-8-12(20)4-6-16(14)27-18/h3-9H,2,10H2,1H3/p+1. The molecule has 0 amide bonds. The molecule has 1 N–H and O–H groups in total. The summed E-state index contributed by atoms with van der Waals surface area (Å²) in [5.41, 5.74) is 1.69. The predicted octanol–water partition coefficient (Wildman–Crippen LogP) is 5.27. The summed E-state index contributed by atoms with van der Waals surface area (Å²) < 4.78 is 35.1. The zero-order valence-electron chi connectivity index (χ0n) is 14.6. The van der Waals surface area contributed by atoms with Crippen LogP contribution in [-0.2, 0) is 16.0 Å². The summed E-state index contributed by atoms with van der Waals surface area (Å²) in [5.74, 6) is -0.540. The number of nitrogens with zero attached hydrogens (tertiary/aromatic N) is 2. The molecule has 0 atom stereocenters. The smallest absolute Gasteiger partial charge is 0.326 e. The van der Waals surface area contributed by atoms with Gasteiger partial charge in [-0.3, -0.25) is 4.55 Å². The van der Waals surface area contributed by atoms with Gasteiger partial charge in [0.1, 0.15) is 4.70 Å². The molecule has 1 aliphatic heterocycles. The second-order valence-corrected chi connectivity index (χ2v) is 10.6. The van der Waals surface area contributed by atoms with Crippen LogP contribution in [0.3, 0.4) is 0 Å². The van der Waals surface area contributed by atoms with E-state index in [2.05, 4.69) is 4.90 Å². The minimum Gasteiger partial charge on any atom is -0.335 e. The van der Waals surface area contributed by atoms with Crippen LogP contribution in [0.2, 0.25) is 10.0 Å². The fraction of sp³-hybridized carbons (Fsp3) is 0.167. The SMILES string of the molecule is CCN1/C(=C/c2sc3ccc(Cl)cc3[n+]2CS(=O)(=O)O)Sc2ccc(Cl)cc21. The van der Waals surface area contributed by atoms with Gasteiger partial charge in [-0.05, 0) is 37.3 Å². The van der Waals surface area contributed by atoms with Crippen LogP contribution in [0.25, 0.3) is 16.3 Å². The largest absolute Gasteiger partial charge is 0.335 e. The van der Waals surface area contributed by atoms with Gasteiger partial charge in [-0.25, -0.2) is 0 Å². The molecule has 0 spiro atoms. The Hall–Kier alpha value is -1.29. The molecule has 1 aliphatic rings. The van der Waals surface area contributed by atoms with Crippen LogP contribution >= 0.6 is 46.3 Å². The summed E-state index contributed by atoms with van der Waals surface area (Å²) in [6.07, 6.45) is 1.94. The van der Waals surface area contributed by atoms with Gasteiger partial charge in [-0.2, -0.15) is 13.0 Å². The van der Waals surface area contributed by atoms with E-state index in [0.717, 1.165) is 26.9 Å². The molecule has 10 heteroatoms. The number of rotatable bonds is 4. The van der Waals surface area contributed by atoms with E-state index in [1.54, 1.807) is 28.5 Å². The molecule has 3 aromatic rings. The summed E-state index contributed by atoms with van der Waals surface area (Å²) in [4.78, 5) is 3.21. The summed E-state index contributed by atoms with van der Waals surface area (Å²) in [5, 5.41) is 2.83. The van der Waals surface area contributed by atoms with Gasteiger partial charge in [0.2, 0.25) is 5.52 Å². The lowest BCUT2D eigenvalue weighted by Crippen LogP contribution is -2.39. The number of aromatic nitrogens is 1. The number of halogens is 2. The highest BCUT2D eigenvalue weighted by Gasteiger charge is 2.29. The van der Waals surface area contributed by atoms with Gasteiger partial charge in [0.15, 0.2) is 0 Å². The normalized spacial score (nSPS) is 15.6. The van der Waals surface area contributed by atoms with Crippen molar-refractivity contribution in [3.8, 4) is 0 Å². The maximum absolute atomic E-state index is 11.6. The van der Waals surface area contributed by atoms with Crippen LogP contribution in [0.5, 0.6) is 0 Å². The first kappa shape index (κ1) is 20.0. The second kappa shape index (κ2) is 7.51. The maximum atomic E-state index is 11.6.